The molecule has 3 rings (SSSR count). The zero-order valence-electron chi connectivity index (χ0n) is 12.9. The van der Waals surface area contributed by atoms with Crippen LogP contribution in [0.4, 0.5) is 30.7 Å². The second kappa shape index (κ2) is 6.13. The Bertz CT molecular complexity index is 750. The van der Waals surface area contributed by atoms with E-state index in [1.165, 1.54) is 0 Å². The third-order valence-electron chi connectivity index (χ3n) is 3.80. The number of alkyl halides is 7. The number of hydrogen-bond acceptors (Lipinski definition) is 4. The average Bonchev–Trinajstić information content (AvgIpc) is 3.29. The first-order valence-corrected chi connectivity index (χ1v) is 7.40. The third-order valence-corrected chi connectivity index (χ3v) is 3.80. The van der Waals surface area contributed by atoms with Crippen LogP contribution in [0, 0.1) is 0 Å². The zero-order chi connectivity index (χ0) is 19.2. The zero-order valence-corrected chi connectivity index (χ0v) is 12.9. The molecule has 4 nitrogen and oxygen atoms in total. The molecular weight excluding hydrogens is 373 g/mol. The molecule has 26 heavy (non-hydrogen) atoms. The van der Waals surface area contributed by atoms with Crippen LogP contribution in [0.25, 0.3) is 0 Å². The monoisotopic (exact) mass is 384 g/mol. The highest BCUT2D eigenvalue weighted by molar-refractivity contribution is 5.33. The minimum Gasteiger partial charge on any atom is -0.484 e. The van der Waals surface area contributed by atoms with Crippen molar-refractivity contribution in [2.24, 2.45) is 0 Å². The van der Waals surface area contributed by atoms with Crippen molar-refractivity contribution < 1.29 is 39.9 Å². The van der Waals surface area contributed by atoms with Crippen LogP contribution in [0.15, 0.2) is 28.7 Å². The van der Waals surface area contributed by atoms with E-state index in [1.54, 1.807) is 0 Å². The summed E-state index contributed by atoms with van der Waals surface area (Å²) in [5.41, 5.74) is -7.05. The third kappa shape index (κ3) is 3.34. The Morgan fingerprint density at radius 3 is 2.00 bits per heavy atom. The lowest BCUT2D eigenvalue weighted by Crippen LogP contribution is -2.50. The van der Waals surface area contributed by atoms with Crippen molar-refractivity contribution in [3.8, 4) is 5.75 Å². The van der Waals surface area contributed by atoms with Gasteiger partial charge in [-0.15, -0.1) is 10.2 Å². The molecule has 0 bridgehead atoms. The lowest BCUT2D eigenvalue weighted by atomic mass is 9.94. The Balaban J connectivity index is 1.72. The summed E-state index contributed by atoms with van der Waals surface area (Å²) in [4.78, 5) is 0. The number of benzene rings is 1. The summed E-state index contributed by atoms with van der Waals surface area (Å²) in [6, 6.07) is 2.36. The Morgan fingerprint density at radius 1 is 0.923 bits per heavy atom. The molecule has 1 aliphatic rings. The van der Waals surface area contributed by atoms with E-state index in [0.717, 1.165) is 25.0 Å². The molecule has 0 amide bonds. The fourth-order valence-electron chi connectivity index (χ4n) is 2.23. The van der Waals surface area contributed by atoms with Gasteiger partial charge in [0.25, 0.3) is 5.89 Å². The average molecular weight is 384 g/mol. The quantitative estimate of drug-likeness (QED) is 0.694. The van der Waals surface area contributed by atoms with E-state index in [-0.39, 0.29) is 24.2 Å². The minimum absolute atomic E-state index is 0.0772. The number of rotatable bonds is 5. The van der Waals surface area contributed by atoms with Crippen molar-refractivity contribution in [2.75, 3.05) is 0 Å². The van der Waals surface area contributed by atoms with Crippen molar-refractivity contribution in [1.29, 1.82) is 0 Å². The van der Waals surface area contributed by atoms with Gasteiger partial charge in [0.1, 0.15) is 5.75 Å². The van der Waals surface area contributed by atoms with Crippen molar-refractivity contribution in [3.63, 3.8) is 0 Å². The van der Waals surface area contributed by atoms with Crippen LogP contribution in [0.3, 0.4) is 0 Å². The number of nitrogens with zero attached hydrogens (tertiary/aromatic N) is 2. The highest BCUT2D eigenvalue weighted by Gasteiger charge is 2.73. The van der Waals surface area contributed by atoms with E-state index < -0.39 is 23.6 Å². The van der Waals surface area contributed by atoms with E-state index >= 15 is 0 Å². The Labute approximate surface area is 142 Å². The van der Waals surface area contributed by atoms with Gasteiger partial charge in [-0.1, -0.05) is 12.1 Å². The molecule has 142 valence electrons. The normalized spacial score (nSPS) is 16.0. The molecule has 0 aliphatic heterocycles. The predicted molar refractivity (Wildman–Crippen MR) is 71.9 cm³/mol. The number of halogens is 7. The molecule has 0 radical (unpaired) electrons. The van der Waals surface area contributed by atoms with Gasteiger partial charge in [-0.3, -0.25) is 0 Å². The Hall–Kier alpha value is -2.33. The molecule has 1 aromatic carbocycles. The standard InChI is InChI=1S/C15H11F7N2O2/c16-13(14(17,18)19,15(20,21)22)9-3-5-10(6-4-9)25-7-11-23-24-12(26-11)8-1-2-8/h3-6,8H,1-2,7H2. The van der Waals surface area contributed by atoms with Crippen LogP contribution in [-0.4, -0.2) is 22.5 Å². The predicted octanol–water partition coefficient (Wildman–Crippen LogP) is 4.82. The van der Waals surface area contributed by atoms with Crippen molar-refractivity contribution in [3.05, 3.63) is 41.6 Å². The van der Waals surface area contributed by atoms with Gasteiger partial charge in [0.2, 0.25) is 5.89 Å². The molecule has 11 heteroatoms. The van der Waals surface area contributed by atoms with Gasteiger partial charge < -0.3 is 9.15 Å². The molecule has 1 heterocycles. The summed E-state index contributed by atoms with van der Waals surface area (Å²) in [6.45, 7) is -0.224. The van der Waals surface area contributed by atoms with Gasteiger partial charge in [-0.05, 0) is 25.0 Å². The highest BCUT2D eigenvalue weighted by Crippen LogP contribution is 2.53. The van der Waals surface area contributed by atoms with Crippen molar-refractivity contribution in [2.45, 2.75) is 43.4 Å². The highest BCUT2D eigenvalue weighted by atomic mass is 19.4. The van der Waals surface area contributed by atoms with E-state index in [0.29, 0.717) is 18.0 Å². The lowest BCUT2D eigenvalue weighted by molar-refractivity contribution is -0.348. The van der Waals surface area contributed by atoms with Crippen LogP contribution in [0.5, 0.6) is 5.75 Å². The summed E-state index contributed by atoms with van der Waals surface area (Å²) < 4.78 is 100. The number of hydrogen-bond donors (Lipinski definition) is 0. The van der Waals surface area contributed by atoms with Gasteiger partial charge in [0, 0.05) is 11.5 Å². The van der Waals surface area contributed by atoms with E-state index in [4.69, 9.17) is 9.15 Å². The van der Waals surface area contributed by atoms with Crippen molar-refractivity contribution in [1.82, 2.24) is 10.2 Å². The van der Waals surface area contributed by atoms with Gasteiger partial charge >= 0.3 is 18.0 Å². The fourth-order valence-corrected chi connectivity index (χ4v) is 2.23. The minimum atomic E-state index is -6.16. The van der Waals surface area contributed by atoms with E-state index in [1.807, 2.05) is 0 Å². The summed E-state index contributed by atoms with van der Waals surface area (Å²) in [7, 11) is 0. The molecule has 0 unspecified atom stereocenters. The molecule has 0 saturated heterocycles. The Morgan fingerprint density at radius 2 is 1.50 bits per heavy atom. The smallest absolute Gasteiger partial charge is 0.435 e. The molecule has 1 aromatic heterocycles. The molecule has 0 spiro atoms. The molecule has 1 saturated carbocycles. The number of ether oxygens (including phenoxy) is 1. The maximum Gasteiger partial charge on any atom is 0.435 e. The molecule has 2 aromatic rings. The lowest BCUT2D eigenvalue weighted by Gasteiger charge is -2.30. The number of aromatic nitrogens is 2. The summed E-state index contributed by atoms with van der Waals surface area (Å²) in [5, 5.41) is 7.51. The summed E-state index contributed by atoms with van der Waals surface area (Å²) in [6.07, 6.45) is -10.4. The van der Waals surface area contributed by atoms with Gasteiger partial charge in [0.15, 0.2) is 6.61 Å². The van der Waals surface area contributed by atoms with Crippen LogP contribution >= 0.6 is 0 Å². The maximum atomic E-state index is 13.9. The maximum absolute atomic E-state index is 13.9. The molecule has 1 aliphatic carbocycles. The van der Waals surface area contributed by atoms with Gasteiger partial charge in [-0.25, -0.2) is 4.39 Å². The fraction of sp³-hybridized carbons (Fsp3) is 0.467. The molecule has 1 fully saturated rings. The SMILES string of the molecule is FC(F)(F)C(F)(c1ccc(OCc2nnc(C3CC3)o2)cc1)C(F)(F)F. The van der Waals surface area contributed by atoms with Crippen LogP contribution in [-0.2, 0) is 12.3 Å². The van der Waals surface area contributed by atoms with E-state index in [9.17, 15) is 30.7 Å². The first kappa shape index (κ1) is 18.5. The first-order chi connectivity index (χ1) is 12.0. The van der Waals surface area contributed by atoms with Crippen LogP contribution < -0.4 is 4.74 Å². The first-order valence-electron chi connectivity index (χ1n) is 7.40. The van der Waals surface area contributed by atoms with Crippen LogP contribution in [0.1, 0.15) is 36.1 Å². The van der Waals surface area contributed by atoms with Crippen molar-refractivity contribution >= 4 is 0 Å². The Kier molecular flexibility index (Phi) is 4.35. The summed E-state index contributed by atoms with van der Waals surface area (Å²) >= 11 is 0. The second-order valence-corrected chi connectivity index (χ2v) is 5.78. The topological polar surface area (TPSA) is 48.2 Å². The van der Waals surface area contributed by atoms with E-state index in [2.05, 4.69) is 10.2 Å². The second-order valence-electron chi connectivity index (χ2n) is 5.78. The van der Waals surface area contributed by atoms with Gasteiger partial charge in [0.05, 0.1) is 0 Å². The molecular formula is C15H11F7N2O2. The molecule has 0 N–H and O–H groups in total. The molecule has 0 atom stereocenters. The van der Waals surface area contributed by atoms with Crippen LogP contribution in [0.2, 0.25) is 0 Å². The largest absolute Gasteiger partial charge is 0.484 e. The summed E-state index contributed by atoms with van der Waals surface area (Å²) in [5.74, 6) is 0.711. The van der Waals surface area contributed by atoms with Gasteiger partial charge in [-0.2, -0.15) is 26.3 Å².